The number of unbranched alkanes of at least 4 members (excludes halogenated alkanes) is 2. The lowest BCUT2D eigenvalue weighted by molar-refractivity contribution is -0.137. The van der Waals surface area contributed by atoms with Crippen molar-refractivity contribution >= 4 is 114 Å². The Morgan fingerprint density at radius 1 is 0.225 bits per heavy atom. The van der Waals surface area contributed by atoms with E-state index in [2.05, 4.69) is 319 Å². The Morgan fingerprint density at radius 2 is 0.406 bits per heavy atom. The van der Waals surface area contributed by atoms with Gasteiger partial charge in [0.05, 0.1) is 135 Å². The van der Waals surface area contributed by atoms with Gasteiger partial charge in [-0.15, -0.1) is 0 Å². The summed E-state index contributed by atoms with van der Waals surface area (Å²) >= 11 is 0. The molecule has 0 spiro atoms. The number of hydrogen-bond acceptors (Lipinski definition) is 12. The number of carbonyl (C=O) groups is 1. The highest BCUT2D eigenvalue weighted by Crippen LogP contribution is 2.39. The van der Waals surface area contributed by atoms with Crippen LogP contribution in [0.1, 0.15) is 190 Å². The molecule has 0 aliphatic rings. The van der Waals surface area contributed by atoms with E-state index >= 15 is 0 Å². The minimum Gasteiger partial charge on any atom is -0.495 e. The number of carboxylic acid groups (broad SMARTS) is 1. The van der Waals surface area contributed by atoms with E-state index in [4.69, 9.17) is 47.4 Å². The third kappa shape index (κ3) is 27.8. The number of rotatable bonds is 19. The zero-order chi connectivity index (χ0) is 100. The summed E-state index contributed by atoms with van der Waals surface area (Å²) in [4.78, 5) is 11.6. The largest absolute Gasteiger partial charge is 0.495 e. The average molecular weight is 1830 g/mol. The highest BCUT2D eigenvalue weighted by Gasteiger charge is 2.22. The maximum Gasteiger partial charge on any atom is 0.303 e. The third-order valence-corrected chi connectivity index (χ3v) is 22.7. The van der Waals surface area contributed by atoms with Crippen LogP contribution >= 0.6 is 0 Å². The number of carboxylic acids is 1. The molecule has 20 rings (SSSR count). The van der Waals surface area contributed by atoms with Gasteiger partial charge in [0, 0.05) is 111 Å². The first-order chi connectivity index (χ1) is 65.5. The Hall–Kier alpha value is -15.7. The molecule has 20 aromatic carbocycles. The molecule has 0 unspecified atom stereocenters. The molecule has 0 aliphatic carbocycles. The van der Waals surface area contributed by atoms with E-state index in [9.17, 15) is 15.0 Å². The molecule has 13 heteroatoms. The van der Waals surface area contributed by atoms with E-state index in [0.717, 1.165) is 76.5 Å². The van der Waals surface area contributed by atoms with Crippen LogP contribution in [0.4, 0.5) is 0 Å². The predicted octanol–water partition coefficient (Wildman–Crippen LogP) is 27.7. The first-order valence-electron chi connectivity index (χ1n) is 45.8. The van der Waals surface area contributed by atoms with Crippen molar-refractivity contribution in [1.29, 1.82) is 0 Å². The number of aliphatic carboxylic acids is 1. The number of hydrogen-bond donors (Lipinski definition) is 2. The number of benzene rings is 10. The second-order valence-corrected chi connectivity index (χ2v) is 39.5. The SMILES string of the molecule is COc1cc2c#cc3cc(C(C)(C)C)cc(c#cc4cc(OC)c(c#cc5cc(C(C)(C)C)cc(c#cc#cc6cc(C(C)(C)C)cc(c#cc7cc(OC)c(c#cc8cc(C(C)(C)C)cc(c#cc9cc(OC)c(c#cc%10cc(C(C)(C)C)cc(c#cc#cc%11cc(C(C)(C)C)cc(c#cc1cc2OC)c%11)c%10)cc9OC)c8OCCCCCC(=O)O)cc7OC)c6)c5)cc4OC)c3OCCCO. The number of methoxy groups -OCH3 is 8. The Morgan fingerprint density at radius 3 is 0.594 bits per heavy atom. The molecular weight excluding hydrogens is 1710 g/mol. The van der Waals surface area contributed by atoms with E-state index in [1.807, 2.05) is 97.1 Å². The lowest BCUT2D eigenvalue weighted by Crippen LogP contribution is -2.11. The lowest BCUT2D eigenvalue weighted by atomic mass is 9.86. The fourth-order valence-corrected chi connectivity index (χ4v) is 14.5. The van der Waals surface area contributed by atoms with Crippen LogP contribution in [0.3, 0.4) is 0 Å². The summed E-state index contributed by atoms with van der Waals surface area (Å²) in [7, 11) is 12.8. The summed E-state index contributed by atoms with van der Waals surface area (Å²) in [5.74, 6) is 3.80. The highest BCUT2D eigenvalue weighted by atomic mass is 16.5. The van der Waals surface area contributed by atoms with Crippen molar-refractivity contribution in [3.63, 3.8) is 0 Å². The molecule has 0 aromatic heterocycles. The molecule has 0 atom stereocenters. The van der Waals surface area contributed by atoms with Gasteiger partial charge < -0.3 is 57.6 Å². The van der Waals surface area contributed by atoms with Crippen molar-refractivity contribution in [1.82, 2.24) is 0 Å². The van der Waals surface area contributed by atoms with Crippen LogP contribution in [0.25, 0.3) is 108 Å². The first kappa shape index (κ1) is 103. The van der Waals surface area contributed by atoms with Crippen LogP contribution in [-0.2, 0) is 37.3 Å². The molecule has 13 nitrogen and oxygen atoms in total. The number of aliphatic hydroxyl groups is 1. The van der Waals surface area contributed by atoms with Gasteiger partial charge >= 0.3 is 5.97 Å². The molecule has 0 amide bonds. The second-order valence-electron chi connectivity index (χ2n) is 39.5. The Kier molecular flexibility index (Phi) is 33.6. The molecule has 20 bridgehead atoms. The molecule has 698 valence electrons. The Balaban J connectivity index is 1.15. The fraction of sp³-hybridized carbons (Fsp3) is 0.320. The van der Waals surface area contributed by atoms with Gasteiger partial charge in [-0.05, 0) is 206 Å². The minimum atomic E-state index is -0.851. The predicted molar refractivity (Wildman–Crippen MR) is 554 cm³/mol. The highest BCUT2D eigenvalue weighted by molar-refractivity contribution is 5.86. The van der Waals surface area contributed by atoms with Crippen LogP contribution in [0.2, 0.25) is 0 Å². The van der Waals surface area contributed by atoms with Crippen molar-refractivity contribution in [2.75, 3.05) is 76.7 Å². The van der Waals surface area contributed by atoms with E-state index in [1.54, 1.807) is 56.9 Å². The van der Waals surface area contributed by atoms with Crippen LogP contribution in [0.5, 0.6) is 57.5 Å². The average Bonchev–Trinajstić information content (AvgIpc) is 0.792. The summed E-state index contributed by atoms with van der Waals surface area (Å²) < 4.78 is 62.0. The second kappa shape index (κ2) is 45.1. The molecule has 0 heterocycles. The maximum atomic E-state index is 11.6. The van der Waals surface area contributed by atoms with E-state index in [1.165, 1.54) is 0 Å². The zero-order valence-electron chi connectivity index (χ0n) is 84.4. The van der Waals surface area contributed by atoms with Gasteiger partial charge in [0.25, 0.3) is 0 Å². The van der Waals surface area contributed by atoms with Gasteiger partial charge in [0.2, 0.25) is 0 Å². The maximum absolute atomic E-state index is 11.6. The minimum absolute atomic E-state index is 0.0515. The Bertz CT molecular complexity index is 6670. The molecule has 0 aliphatic heterocycles. The number of aliphatic hydroxyl groups excluding tert-OH is 1. The van der Waals surface area contributed by atoms with Gasteiger partial charge in [0.15, 0.2) is 11.5 Å². The molecule has 20 aromatic rings. The quantitative estimate of drug-likeness (QED) is 0.0740. The van der Waals surface area contributed by atoms with Crippen molar-refractivity contribution < 1.29 is 62.4 Å². The number of ether oxygens (including phenoxy) is 10. The van der Waals surface area contributed by atoms with Crippen LogP contribution in [0.15, 0.2) is 146 Å². The van der Waals surface area contributed by atoms with Crippen LogP contribution in [-0.4, -0.2) is 92.9 Å². The van der Waals surface area contributed by atoms with Crippen molar-refractivity contribution in [2.45, 2.75) is 189 Å². The van der Waals surface area contributed by atoms with Crippen LogP contribution < -0.4 is 47.4 Å². The van der Waals surface area contributed by atoms with Crippen molar-refractivity contribution in [3.8, 4) is 57.5 Å². The zero-order valence-corrected chi connectivity index (χ0v) is 84.4. The van der Waals surface area contributed by atoms with Gasteiger partial charge in [-0.1, -0.05) is 246 Å². The summed E-state index contributed by atoms with van der Waals surface area (Å²) in [5.41, 5.74) is 4.21. The molecular formula is C125H120O13. The normalized spacial score (nSPS) is 10.9. The van der Waals surface area contributed by atoms with Crippen LogP contribution in [0, 0.1) is 146 Å². The molecule has 0 saturated heterocycles. The summed E-state index contributed by atoms with van der Waals surface area (Å²) in [6.07, 6.45) is 2.12. The van der Waals surface area contributed by atoms with E-state index < -0.39 is 5.97 Å². The summed E-state index contributed by atoms with van der Waals surface area (Å²) in [6.45, 7) is 38.9. The van der Waals surface area contributed by atoms with Gasteiger partial charge in [0.1, 0.15) is 46.0 Å². The lowest BCUT2D eigenvalue weighted by Gasteiger charge is -2.20. The molecule has 0 saturated carbocycles. The van der Waals surface area contributed by atoms with E-state index in [-0.39, 0.29) is 58.7 Å². The molecule has 138 heavy (non-hydrogen) atoms. The molecule has 2 N–H and O–H groups in total. The molecule has 0 fully saturated rings. The van der Waals surface area contributed by atoms with Gasteiger partial charge in [-0.25, -0.2) is 0 Å². The first-order valence-corrected chi connectivity index (χ1v) is 45.8. The summed E-state index contributed by atoms with van der Waals surface area (Å²) in [5, 5.41) is 32.1. The summed E-state index contributed by atoms with van der Waals surface area (Å²) in [6, 6.07) is 128. The smallest absolute Gasteiger partial charge is 0.303 e. The van der Waals surface area contributed by atoms with Gasteiger partial charge in [-0.3, -0.25) is 4.79 Å². The van der Waals surface area contributed by atoms with Crippen molar-refractivity contribution in [2.24, 2.45) is 0 Å². The topological polar surface area (TPSA) is 150 Å². The van der Waals surface area contributed by atoms with Gasteiger partial charge in [-0.2, -0.15) is 0 Å². The Labute approximate surface area is 818 Å². The van der Waals surface area contributed by atoms with E-state index in [0.29, 0.717) is 148 Å². The van der Waals surface area contributed by atoms with Crippen molar-refractivity contribution in [3.05, 3.63) is 325 Å². The molecule has 0 radical (unpaired) electrons. The standard InChI is InChI=1S/C125H120O13/c1-120(2,3)103-63-83-35-29-31-37-85-61-89(69-105(65-85)122(7,8)9)42-46-93-77-115(135-25)97(81-111(93)131-21)50-54-101-73-108(125(16,17)18)74-102(119(101)138-58-34-56-126)55-51-98-82-112(132-22)94(78-116(98)136-26)47-43-90-62-86(66-106(70-90)123(10,11)12)38-32-30-36-84-60-88(68-104(64-84)121(4,5)6)41-45-92-76-114(134-24)96(80-110(92)130-20)49-53-100-72-107(124(13,14)15)71-99(118(100)137-57-33-27-28-39-117(127)128)52-48-95-79-109(129-19)91(75-113(95)133-23)44-40-87(59-83)67-103/h59-82,126H,27-28,33-34,39,56-58H2,1-26H3,(H,127,128). The third-order valence-electron chi connectivity index (χ3n) is 22.7. The fourth-order valence-electron chi connectivity index (χ4n) is 14.5. The monoisotopic (exact) mass is 1830 g/mol.